The van der Waals surface area contributed by atoms with Crippen molar-refractivity contribution in [2.24, 2.45) is 5.84 Å². The lowest BCUT2D eigenvalue weighted by Crippen LogP contribution is -2.50. The van der Waals surface area contributed by atoms with Crippen LogP contribution in [-0.4, -0.2) is 54.9 Å². The highest BCUT2D eigenvalue weighted by atomic mass is 16.5. The highest BCUT2D eigenvalue weighted by Crippen LogP contribution is 2.23. The van der Waals surface area contributed by atoms with Crippen molar-refractivity contribution in [2.45, 2.75) is 19.4 Å². The molecule has 23 heavy (non-hydrogen) atoms. The van der Waals surface area contributed by atoms with Crippen molar-refractivity contribution in [3.8, 4) is 5.75 Å². The molecule has 1 aromatic rings. The van der Waals surface area contributed by atoms with Gasteiger partial charge in [0.15, 0.2) is 0 Å². The molecule has 7 heteroatoms. The van der Waals surface area contributed by atoms with E-state index in [1.165, 1.54) is 5.56 Å². The first-order chi connectivity index (χ1) is 11.0. The van der Waals surface area contributed by atoms with Gasteiger partial charge >= 0.3 is 0 Å². The third-order valence-electron chi connectivity index (χ3n) is 4.29. The molecule has 0 saturated carbocycles. The largest absolute Gasteiger partial charge is 0.497 e. The quantitative estimate of drug-likeness (QED) is 0.352. The average Bonchev–Trinajstić information content (AvgIpc) is 2.61. The molecule has 126 valence electrons. The molecular weight excluding hydrogens is 296 g/mol. The molecule has 1 atom stereocenters. The van der Waals surface area contributed by atoms with Crippen LogP contribution in [0, 0.1) is 0 Å². The maximum absolute atomic E-state index is 12.0. The minimum Gasteiger partial charge on any atom is -0.497 e. The molecule has 1 heterocycles. The Hall–Kier alpha value is -2.12. The van der Waals surface area contributed by atoms with Gasteiger partial charge in [0.1, 0.15) is 12.2 Å². The number of rotatable bonds is 5. The van der Waals surface area contributed by atoms with Gasteiger partial charge < -0.3 is 9.64 Å². The van der Waals surface area contributed by atoms with Gasteiger partial charge in [0.25, 0.3) is 0 Å². The Morgan fingerprint density at radius 1 is 1.22 bits per heavy atom. The molecule has 1 saturated heterocycles. The monoisotopic (exact) mass is 320 g/mol. The van der Waals surface area contributed by atoms with E-state index in [9.17, 15) is 9.59 Å². The predicted octanol–water partition coefficient (Wildman–Crippen LogP) is 0.280. The summed E-state index contributed by atoms with van der Waals surface area (Å²) in [5.41, 5.74) is 3.20. The minimum atomic E-state index is -0.455. The van der Waals surface area contributed by atoms with Gasteiger partial charge in [-0.15, -0.1) is 0 Å². The fourth-order valence-corrected chi connectivity index (χ4v) is 2.75. The summed E-state index contributed by atoms with van der Waals surface area (Å²) in [6, 6.07) is 8.30. The number of piperazine rings is 1. The van der Waals surface area contributed by atoms with Crippen molar-refractivity contribution in [2.75, 3.05) is 33.3 Å². The van der Waals surface area contributed by atoms with Gasteiger partial charge in [-0.2, -0.15) is 0 Å². The van der Waals surface area contributed by atoms with Crippen molar-refractivity contribution in [3.63, 3.8) is 0 Å². The van der Waals surface area contributed by atoms with Gasteiger partial charge in [0.05, 0.1) is 7.11 Å². The van der Waals surface area contributed by atoms with E-state index in [0.29, 0.717) is 13.1 Å². The van der Waals surface area contributed by atoms with Crippen molar-refractivity contribution < 1.29 is 14.3 Å². The van der Waals surface area contributed by atoms with Gasteiger partial charge in [0.2, 0.25) is 11.8 Å². The first-order valence-corrected chi connectivity index (χ1v) is 7.70. The zero-order chi connectivity index (χ0) is 16.8. The topological polar surface area (TPSA) is 87.9 Å². The average molecular weight is 320 g/mol. The molecule has 1 aromatic carbocycles. The molecule has 3 N–H and O–H groups in total. The summed E-state index contributed by atoms with van der Waals surface area (Å²) in [6.07, 6.45) is -0.190. The van der Waals surface area contributed by atoms with Crippen LogP contribution in [0.15, 0.2) is 24.3 Å². The third kappa shape index (κ3) is 4.43. The molecular formula is C16H24N4O3. The Bertz CT molecular complexity index is 539. The van der Waals surface area contributed by atoms with Crippen LogP contribution in [0.2, 0.25) is 0 Å². The molecule has 1 aliphatic heterocycles. The van der Waals surface area contributed by atoms with Crippen LogP contribution in [0.25, 0.3) is 0 Å². The number of nitrogens with two attached hydrogens (primary N) is 1. The van der Waals surface area contributed by atoms with Gasteiger partial charge in [0, 0.05) is 32.2 Å². The number of amides is 2. The van der Waals surface area contributed by atoms with E-state index in [0.717, 1.165) is 18.8 Å². The second kappa shape index (κ2) is 7.94. The number of hydrogen-bond donors (Lipinski definition) is 2. The zero-order valence-electron chi connectivity index (χ0n) is 13.6. The smallest absolute Gasteiger partial charge is 0.243 e. The lowest BCUT2D eigenvalue weighted by atomic mass is 10.1. The van der Waals surface area contributed by atoms with E-state index < -0.39 is 5.91 Å². The van der Waals surface area contributed by atoms with Gasteiger partial charge in [-0.1, -0.05) is 12.1 Å². The molecule has 0 aliphatic carbocycles. The Balaban J connectivity index is 1.87. The fraction of sp³-hybridized carbons (Fsp3) is 0.500. The molecule has 1 fully saturated rings. The number of benzene rings is 1. The van der Waals surface area contributed by atoms with Gasteiger partial charge in [-0.05, 0) is 24.6 Å². The van der Waals surface area contributed by atoms with Gasteiger partial charge in [-0.3, -0.25) is 19.9 Å². The van der Waals surface area contributed by atoms with Crippen LogP contribution in [0.4, 0.5) is 0 Å². The van der Waals surface area contributed by atoms with Crippen LogP contribution in [-0.2, 0) is 9.59 Å². The molecule has 1 unspecified atom stereocenters. The summed E-state index contributed by atoms with van der Waals surface area (Å²) in [5, 5.41) is 0. The van der Waals surface area contributed by atoms with E-state index in [2.05, 4.69) is 24.0 Å². The second-order valence-electron chi connectivity index (χ2n) is 5.61. The van der Waals surface area contributed by atoms with Crippen LogP contribution in [0.5, 0.6) is 5.75 Å². The number of hydrogen-bond acceptors (Lipinski definition) is 5. The molecule has 7 nitrogen and oxygen atoms in total. The molecule has 0 radical (unpaired) electrons. The van der Waals surface area contributed by atoms with Crippen molar-refractivity contribution in [1.29, 1.82) is 0 Å². The number of hydrazine groups is 1. The predicted molar refractivity (Wildman–Crippen MR) is 86.5 cm³/mol. The maximum Gasteiger partial charge on any atom is 0.243 e. The van der Waals surface area contributed by atoms with Crippen LogP contribution < -0.4 is 16.0 Å². The Kier molecular flexibility index (Phi) is 5.95. The summed E-state index contributed by atoms with van der Waals surface area (Å²) >= 11 is 0. The standard InChI is InChI=1S/C16H24N4O3/c1-12(13-3-5-14(23-2)6-4-13)19-7-9-20(10-8-19)16(22)11-15(21)18-17/h3-6,12H,7-11,17H2,1-2H3,(H,18,21). The molecule has 2 rings (SSSR count). The molecule has 2 amide bonds. The lowest BCUT2D eigenvalue weighted by molar-refractivity contribution is -0.137. The first-order valence-electron chi connectivity index (χ1n) is 7.70. The Morgan fingerprint density at radius 2 is 1.83 bits per heavy atom. The molecule has 1 aliphatic rings. The molecule has 0 aromatic heterocycles. The summed E-state index contributed by atoms with van der Waals surface area (Å²) in [4.78, 5) is 27.2. The van der Waals surface area contributed by atoms with E-state index in [1.54, 1.807) is 12.0 Å². The van der Waals surface area contributed by atoms with Crippen LogP contribution >= 0.6 is 0 Å². The number of ether oxygens (including phenoxy) is 1. The van der Waals surface area contributed by atoms with E-state index in [1.807, 2.05) is 17.6 Å². The number of carbonyl (C=O) groups is 2. The van der Waals surface area contributed by atoms with E-state index in [4.69, 9.17) is 10.6 Å². The van der Waals surface area contributed by atoms with Crippen LogP contribution in [0.3, 0.4) is 0 Å². The van der Waals surface area contributed by atoms with Crippen molar-refractivity contribution >= 4 is 11.8 Å². The SMILES string of the molecule is COc1ccc(C(C)N2CCN(C(=O)CC(=O)NN)CC2)cc1. The first kappa shape index (κ1) is 17.2. The summed E-state index contributed by atoms with van der Waals surface area (Å²) in [7, 11) is 1.65. The minimum absolute atomic E-state index is 0.176. The summed E-state index contributed by atoms with van der Waals surface area (Å²) in [5.74, 6) is 5.22. The van der Waals surface area contributed by atoms with Crippen LogP contribution in [0.1, 0.15) is 24.9 Å². The van der Waals surface area contributed by atoms with Gasteiger partial charge in [-0.25, -0.2) is 5.84 Å². The Labute approximate surface area is 136 Å². The number of nitrogens with zero attached hydrogens (tertiary/aromatic N) is 2. The second-order valence-corrected chi connectivity index (χ2v) is 5.61. The van der Waals surface area contributed by atoms with E-state index in [-0.39, 0.29) is 18.4 Å². The van der Waals surface area contributed by atoms with Crippen molar-refractivity contribution in [1.82, 2.24) is 15.2 Å². The maximum atomic E-state index is 12.0. The number of methoxy groups -OCH3 is 1. The molecule has 0 bridgehead atoms. The molecule has 0 spiro atoms. The summed E-state index contributed by atoms with van der Waals surface area (Å²) in [6.45, 7) is 4.96. The third-order valence-corrected chi connectivity index (χ3v) is 4.29. The lowest BCUT2D eigenvalue weighted by Gasteiger charge is -2.38. The fourth-order valence-electron chi connectivity index (χ4n) is 2.75. The highest BCUT2D eigenvalue weighted by Gasteiger charge is 2.25. The normalized spacial score (nSPS) is 16.7. The zero-order valence-corrected chi connectivity index (χ0v) is 13.6. The number of nitrogens with one attached hydrogen (secondary N) is 1. The Morgan fingerprint density at radius 3 is 2.35 bits per heavy atom. The summed E-state index contributed by atoms with van der Waals surface area (Å²) < 4.78 is 5.18. The number of carbonyl (C=O) groups excluding carboxylic acids is 2. The highest BCUT2D eigenvalue weighted by molar-refractivity contribution is 5.96. The van der Waals surface area contributed by atoms with E-state index >= 15 is 0 Å². The van der Waals surface area contributed by atoms with Crippen molar-refractivity contribution in [3.05, 3.63) is 29.8 Å².